The first-order chi connectivity index (χ1) is 13.3. The van der Waals surface area contributed by atoms with Gasteiger partial charge in [-0.05, 0) is 24.6 Å². The van der Waals surface area contributed by atoms with Crippen LogP contribution in [0.25, 0.3) is 0 Å². The monoisotopic (exact) mass is 364 g/mol. The second-order valence-corrected chi connectivity index (χ2v) is 6.30. The third-order valence-electron chi connectivity index (χ3n) is 4.22. The van der Waals surface area contributed by atoms with Gasteiger partial charge in [0.25, 0.3) is 0 Å². The van der Waals surface area contributed by atoms with Gasteiger partial charge in [-0.25, -0.2) is 0 Å². The lowest BCUT2D eigenvalue weighted by Crippen LogP contribution is -2.22. The fourth-order valence-corrected chi connectivity index (χ4v) is 2.64. The number of pyridine rings is 1. The van der Waals surface area contributed by atoms with Gasteiger partial charge in [0.05, 0.1) is 5.69 Å². The van der Waals surface area contributed by atoms with Crippen molar-refractivity contribution in [3.8, 4) is 0 Å². The summed E-state index contributed by atoms with van der Waals surface area (Å²) in [4.78, 5) is 25.5. The van der Waals surface area contributed by atoms with Gasteiger partial charge in [-0.2, -0.15) is 19.6 Å². The van der Waals surface area contributed by atoms with Gasteiger partial charge in [0.1, 0.15) is 0 Å². The van der Waals surface area contributed by atoms with Crippen LogP contribution in [0.1, 0.15) is 34.8 Å². The Morgan fingerprint density at radius 1 is 0.815 bits per heavy atom. The summed E-state index contributed by atoms with van der Waals surface area (Å²) in [6.45, 7) is 2.71. The molecule has 4 rings (SSSR count). The molecule has 1 aromatic heterocycles. The van der Waals surface area contributed by atoms with Crippen molar-refractivity contribution in [1.82, 2.24) is 4.98 Å². The molecule has 0 amide bonds. The third kappa shape index (κ3) is 4.50. The Hall–Kier alpha value is -2.77. The topological polar surface area (TPSA) is 61.8 Å². The molecule has 1 N–H and O–H groups in total. The number of aromatic nitrogens is 1. The van der Waals surface area contributed by atoms with Crippen molar-refractivity contribution in [2.75, 3.05) is 5.32 Å². The minimum Gasteiger partial charge on any atom is -0.380 e. The van der Waals surface area contributed by atoms with Gasteiger partial charge in [0.15, 0.2) is 0 Å². The lowest BCUT2D eigenvalue weighted by atomic mass is 10.1. The Balaban J connectivity index is 1.31. The van der Waals surface area contributed by atoms with Crippen LogP contribution in [0.3, 0.4) is 0 Å². The van der Waals surface area contributed by atoms with Crippen LogP contribution >= 0.6 is 0 Å². The van der Waals surface area contributed by atoms with Crippen LogP contribution in [-0.2, 0) is 26.1 Å². The number of rotatable bonds is 5. The number of hydrogen-bond donors (Lipinski definition) is 1. The van der Waals surface area contributed by atoms with Crippen LogP contribution in [0, 0.1) is 6.92 Å². The number of benzene rings is 2. The van der Waals surface area contributed by atoms with E-state index < -0.39 is 12.6 Å². The maximum absolute atomic E-state index is 5.36. The summed E-state index contributed by atoms with van der Waals surface area (Å²) < 4.78 is 0. The predicted molar refractivity (Wildman–Crippen MR) is 99.0 cm³/mol. The molecule has 6 heteroatoms. The molecule has 138 valence electrons. The van der Waals surface area contributed by atoms with Gasteiger partial charge in [-0.3, -0.25) is 4.98 Å². The lowest BCUT2D eigenvalue weighted by molar-refractivity contribution is -0.600. The molecule has 0 radical (unpaired) electrons. The van der Waals surface area contributed by atoms with E-state index in [-0.39, 0.29) is 0 Å². The molecular formula is C21H20N2O4. The molecule has 1 aliphatic heterocycles. The summed E-state index contributed by atoms with van der Waals surface area (Å²) in [5.41, 5.74) is 4.90. The molecule has 6 nitrogen and oxygen atoms in total. The van der Waals surface area contributed by atoms with Crippen molar-refractivity contribution < 1.29 is 19.6 Å². The standard InChI is InChI=1S/C21H20N2O4/c1-15-4-8-17(9-5-15)20-24-26-21(27-25-20)18-10-6-16(7-11-18)13-23-19-3-2-12-22-14-19/h2-12,14,20-21,23H,13H2,1H3. The van der Waals surface area contributed by atoms with E-state index in [0.29, 0.717) is 6.54 Å². The van der Waals surface area contributed by atoms with Gasteiger partial charge < -0.3 is 5.32 Å². The number of hydrogen-bond acceptors (Lipinski definition) is 6. The summed E-state index contributed by atoms with van der Waals surface area (Å²) in [6.07, 6.45) is 2.10. The minimum absolute atomic E-state index is 0.695. The van der Waals surface area contributed by atoms with Crippen molar-refractivity contribution in [2.45, 2.75) is 26.0 Å². The van der Waals surface area contributed by atoms with Crippen LogP contribution in [0.15, 0.2) is 73.1 Å². The number of aryl methyl sites for hydroxylation is 1. The summed E-state index contributed by atoms with van der Waals surface area (Å²) in [6, 6.07) is 19.5. The first kappa shape index (κ1) is 17.6. The average molecular weight is 364 g/mol. The van der Waals surface area contributed by atoms with E-state index in [0.717, 1.165) is 27.9 Å². The van der Waals surface area contributed by atoms with E-state index in [1.165, 1.54) is 0 Å². The van der Waals surface area contributed by atoms with E-state index in [9.17, 15) is 0 Å². The first-order valence-corrected chi connectivity index (χ1v) is 8.71. The minimum atomic E-state index is -0.730. The van der Waals surface area contributed by atoms with Crippen molar-refractivity contribution >= 4 is 5.69 Å². The zero-order valence-corrected chi connectivity index (χ0v) is 14.9. The van der Waals surface area contributed by atoms with E-state index >= 15 is 0 Å². The number of nitrogens with one attached hydrogen (secondary N) is 1. The smallest absolute Gasteiger partial charge is 0.249 e. The Bertz CT molecular complexity index is 846. The highest BCUT2D eigenvalue weighted by atomic mass is 17.4. The van der Waals surface area contributed by atoms with Crippen LogP contribution in [-0.4, -0.2) is 4.98 Å². The number of anilines is 1. The molecule has 1 aliphatic rings. The second-order valence-electron chi connectivity index (χ2n) is 6.30. The van der Waals surface area contributed by atoms with Gasteiger partial charge in [-0.1, -0.05) is 54.1 Å². The van der Waals surface area contributed by atoms with Crippen LogP contribution in [0.4, 0.5) is 5.69 Å². The normalized spacial score (nSPS) is 19.6. The Kier molecular flexibility index (Phi) is 5.41. The van der Waals surface area contributed by atoms with E-state index in [4.69, 9.17) is 19.6 Å². The van der Waals surface area contributed by atoms with E-state index in [2.05, 4.69) is 10.3 Å². The molecule has 2 aromatic carbocycles. The summed E-state index contributed by atoms with van der Waals surface area (Å²) in [5.74, 6) is 0. The first-order valence-electron chi connectivity index (χ1n) is 8.71. The molecule has 27 heavy (non-hydrogen) atoms. The van der Waals surface area contributed by atoms with Crippen molar-refractivity contribution in [3.63, 3.8) is 0 Å². The molecule has 0 unspecified atom stereocenters. The number of nitrogens with zero attached hydrogens (tertiary/aromatic N) is 1. The van der Waals surface area contributed by atoms with Gasteiger partial charge in [0.2, 0.25) is 12.6 Å². The summed E-state index contributed by atoms with van der Waals surface area (Å²) in [5, 5.41) is 3.31. The summed E-state index contributed by atoms with van der Waals surface area (Å²) >= 11 is 0. The van der Waals surface area contributed by atoms with Crippen LogP contribution < -0.4 is 5.32 Å². The Morgan fingerprint density at radius 2 is 1.41 bits per heavy atom. The highest BCUT2D eigenvalue weighted by Gasteiger charge is 2.28. The molecule has 3 aromatic rings. The molecule has 0 bridgehead atoms. The average Bonchev–Trinajstić information content (AvgIpc) is 2.74. The van der Waals surface area contributed by atoms with Gasteiger partial charge in [-0.15, -0.1) is 0 Å². The quantitative estimate of drug-likeness (QED) is 0.667. The molecular weight excluding hydrogens is 344 g/mol. The van der Waals surface area contributed by atoms with Crippen molar-refractivity contribution in [1.29, 1.82) is 0 Å². The highest BCUT2D eigenvalue weighted by Crippen LogP contribution is 2.32. The second kappa shape index (κ2) is 8.28. The largest absolute Gasteiger partial charge is 0.380 e. The zero-order valence-electron chi connectivity index (χ0n) is 14.9. The van der Waals surface area contributed by atoms with Crippen LogP contribution in [0.5, 0.6) is 0 Å². The summed E-state index contributed by atoms with van der Waals surface area (Å²) in [7, 11) is 0. The van der Waals surface area contributed by atoms with Crippen LogP contribution in [0.2, 0.25) is 0 Å². The zero-order chi connectivity index (χ0) is 18.5. The maximum Gasteiger partial charge on any atom is 0.249 e. The third-order valence-corrected chi connectivity index (χ3v) is 4.22. The highest BCUT2D eigenvalue weighted by molar-refractivity contribution is 5.40. The van der Waals surface area contributed by atoms with Gasteiger partial charge in [0, 0.05) is 30.1 Å². The maximum atomic E-state index is 5.36. The van der Waals surface area contributed by atoms with Gasteiger partial charge >= 0.3 is 0 Å². The fourth-order valence-electron chi connectivity index (χ4n) is 2.64. The van der Waals surface area contributed by atoms with E-state index in [1.54, 1.807) is 12.4 Å². The predicted octanol–water partition coefficient (Wildman–Crippen LogP) is 4.61. The Labute approximate surface area is 157 Å². The Morgan fingerprint density at radius 3 is 1.96 bits per heavy atom. The lowest BCUT2D eigenvalue weighted by Gasteiger charge is -2.27. The molecule has 1 saturated heterocycles. The molecule has 0 aliphatic carbocycles. The SMILES string of the molecule is Cc1ccc(C2OOC(c3ccc(CNc4cccnc4)cc3)OO2)cc1. The molecule has 0 spiro atoms. The molecule has 2 heterocycles. The molecule has 0 atom stereocenters. The molecule has 1 fully saturated rings. The van der Waals surface area contributed by atoms with Crippen molar-refractivity contribution in [2.24, 2.45) is 0 Å². The van der Waals surface area contributed by atoms with E-state index in [1.807, 2.05) is 67.6 Å². The fraction of sp³-hybridized carbons (Fsp3) is 0.190. The molecule has 0 saturated carbocycles. The van der Waals surface area contributed by atoms with Crippen molar-refractivity contribution in [3.05, 3.63) is 95.3 Å².